The van der Waals surface area contributed by atoms with Gasteiger partial charge in [0.15, 0.2) is 0 Å². The van der Waals surface area contributed by atoms with E-state index in [1.165, 1.54) is 56.1 Å². The van der Waals surface area contributed by atoms with E-state index in [4.69, 9.17) is 0 Å². The van der Waals surface area contributed by atoms with Crippen LogP contribution in [0.1, 0.15) is 107 Å². The summed E-state index contributed by atoms with van der Waals surface area (Å²) >= 11 is 3.82. The second kappa shape index (κ2) is 12.0. The molecule has 0 heterocycles. The number of fused-ring (bicyclic) bond motifs is 5. The normalized spacial score (nSPS) is 33.6. The number of nitrogens with one attached hydrogen (secondary N) is 1. The zero-order valence-corrected chi connectivity index (χ0v) is 23.4. The van der Waals surface area contributed by atoms with Crippen LogP contribution < -0.4 is 5.32 Å². The third-order valence-electron chi connectivity index (χ3n) is 9.83. The Kier molecular flexibility index (Phi) is 9.24. The molecule has 2 saturated carbocycles. The Morgan fingerprint density at radius 1 is 1.11 bits per heavy atom. The van der Waals surface area contributed by atoms with E-state index in [0.29, 0.717) is 35.8 Å². The number of benzene rings is 1. The fourth-order valence-corrected chi connectivity index (χ4v) is 8.89. The van der Waals surface area contributed by atoms with Gasteiger partial charge < -0.3 is 15.5 Å². The molecule has 4 rings (SSSR count). The van der Waals surface area contributed by atoms with Crippen molar-refractivity contribution in [2.45, 2.75) is 114 Å². The minimum Gasteiger partial charge on any atom is -0.508 e. The van der Waals surface area contributed by atoms with E-state index < -0.39 is 0 Å². The summed E-state index contributed by atoms with van der Waals surface area (Å²) < 4.78 is 0. The molecule has 3 aliphatic carbocycles. The summed E-state index contributed by atoms with van der Waals surface area (Å²) in [6, 6.07) is 6.08. The first kappa shape index (κ1) is 27.0. The number of phenolic OH excluding ortho intramolecular Hbond substituents is 1. The molecule has 1 aromatic rings. The number of halogens is 1. The van der Waals surface area contributed by atoms with E-state index in [-0.39, 0.29) is 22.3 Å². The summed E-state index contributed by atoms with van der Waals surface area (Å²) in [5.74, 6) is 2.99. The van der Waals surface area contributed by atoms with E-state index in [1.807, 2.05) is 12.1 Å². The van der Waals surface area contributed by atoms with Crippen LogP contribution in [0.2, 0.25) is 0 Å². The number of amides is 1. The van der Waals surface area contributed by atoms with E-state index >= 15 is 0 Å². The standard InChI is InChI=1S/C30H46BrNO3/c1-30-16-15-24-23-14-13-22(33)18-21(23)17-20(28(24)25(30)19-26(31)29(30)35)11-9-7-5-3-4-6-8-10-12-27(34)32-2/h13-14,18,20,24-26,28-29,33,35H,3-12,15-17,19H2,1-2H3,(H,32,34)/t20-,24?,25?,26-,28?,29?,30+/m1/s1. The lowest BCUT2D eigenvalue weighted by Crippen LogP contribution is -2.47. The molecule has 4 nitrogen and oxygen atoms in total. The average Bonchev–Trinajstić information content (AvgIpc) is 3.08. The molecule has 1 aromatic carbocycles. The highest BCUT2D eigenvalue weighted by molar-refractivity contribution is 9.09. The average molecular weight is 549 g/mol. The summed E-state index contributed by atoms with van der Waals surface area (Å²) in [5.41, 5.74) is 2.86. The van der Waals surface area contributed by atoms with E-state index in [1.54, 1.807) is 7.05 Å². The number of rotatable bonds is 11. The Bertz CT molecular complexity index is 860. The fourth-order valence-electron chi connectivity index (χ4n) is 7.88. The molecule has 3 N–H and O–H groups in total. The Morgan fingerprint density at radius 2 is 1.80 bits per heavy atom. The molecule has 4 unspecified atom stereocenters. The number of carbonyl (C=O) groups excluding carboxylic acids is 1. The maximum atomic E-state index is 11.3. The number of unbranched alkanes of at least 4 members (excludes halogenated alkanes) is 7. The van der Waals surface area contributed by atoms with Crippen molar-refractivity contribution in [3.8, 4) is 5.75 Å². The van der Waals surface area contributed by atoms with E-state index in [0.717, 1.165) is 38.5 Å². The SMILES string of the molecule is CNC(=O)CCCCCCCCCC[C@@H]1Cc2cc(O)ccc2C2CC[C@@]3(C)C(C[C@@H](Br)C3O)C21. The van der Waals surface area contributed by atoms with Gasteiger partial charge in [-0.05, 0) is 90.9 Å². The molecule has 5 heteroatoms. The quantitative estimate of drug-likeness (QED) is 0.209. The van der Waals surface area contributed by atoms with Crippen LogP contribution >= 0.6 is 15.9 Å². The molecule has 1 amide bonds. The summed E-state index contributed by atoms with van der Waals surface area (Å²) in [6.07, 6.45) is 15.9. The lowest BCUT2D eigenvalue weighted by molar-refractivity contribution is -0.120. The van der Waals surface area contributed by atoms with Crippen LogP contribution in [0.25, 0.3) is 0 Å². The first-order chi connectivity index (χ1) is 16.8. The van der Waals surface area contributed by atoms with Crippen molar-refractivity contribution in [2.75, 3.05) is 7.05 Å². The van der Waals surface area contributed by atoms with Crippen molar-refractivity contribution >= 4 is 21.8 Å². The highest BCUT2D eigenvalue weighted by atomic mass is 79.9. The minimum absolute atomic E-state index is 0.0276. The molecule has 3 aliphatic rings. The van der Waals surface area contributed by atoms with Crippen LogP contribution in [-0.4, -0.2) is 34.1 Å². The van der Waals surface area contributed by atoms with Crippen molar-refractivity contribution in [3.05, 3.63) is 29.3 Å². The summed E-state index contributed by atoms with van der Waals surface area (Å²) in [7, 11) is 1.71. The predicted molar refractivity (Wildman–Crippen MR) is 146 cm³/mol. The van der Waals surface area contributed by atoms with Gasteiger partial charge in [-0.1, -0.05) is 73.9 Å². The third-order valence-corrected chi connectivity index (χ3v) is 10.7. The van der Waals surface area contributed by atoms with Gasteiger partial charge in [-0.25, -0.2) is 0 Å². The number of hydrogen-bond acceptors (Lipinski definition) is 3. The molecule has 196 valence electrons. The zero-order chi connectivity index (χ0) is 25.0. The van der Waals surface area contributed by atoms with Crippen molar-refractivity contribution < 1.29 is 15.0 Å². The van der Waals surface area contributed by atoms with Crippen LogP contribution in [0.4, 0.5) is 0 Å². The number of phenols is 1. The van der Waals surface area contributed by atoms with Crippen molar-refractivity contribution in [1.29, 1.82) is 0 Å². The molecule has 0 radical (unpaired) electrons. The number of alkyl halides is 1. The van der Waals surface area contributed by atoms with Gasteiger partial charge >= 0.3 is 0 Å². The highest BCUT2D eigenvalue weighted by Crippen LogP contribution is 2.63. The second-order valence-corrected chi connectivity index (χ2v) is 13.1. The molecule has 0 saturated heterocycles. The Hall–Kier alpha value is -1.07. The molecule has 7 atom stereocenters. The summed E-state index contributed by atoms with van der Waals surface area (Å²) in [6.45, 7) is 2.35. The number of aliphatic hydroxyl groups is 1. The molecule has 0 bridgehead atoms. The highest BCUT2D eigenvalue weighted by Gasteiger charge is 2.59. The minimum atomic E-state index is -0.244. The molecule has 35 heavy (non-hydrogen) atoms. The zero-order valence-electron chi connectivity index (χ0n) is 21.8. The van der Waals surface area contributed by atoms with Gasteiger partial charge in [0.2, 0.25) is 5.91 Å². The van der Waals surface area contributed by atoms with Crippen molar-refractivity contribution in [3.63, 3.8) is 0 Å². The molecule has 0 aliphatic heterocycles. The number of hydrogen-bond donors (Lipinski definition) is 3. The maximum Gasteiger partial charge on any atom is 0.219 e. The molecule has 0 spiro atoms. The molecule has 2 fully saturated rings. The third kappa shape index (κ3) is 5.92. The number of aliphatic hydroxyl groups excluding tert-OH is 1. The Labute approximate surface area is 220 Å². The lowest BCUT2D eigenvalue weighted by atomic mass is 9.52. The summed E-state index contributed by atoms with van der Waals surface area (Å²) in [5, 5.41) is 23.9. The van der Waals surface area contributed by atoms with Crippen LogP contribution in [0.15, 0.2) is 18.2 Å². The monoisotopic (exact) mass is 547 g/mol. The van der Waals surface area contributed by atoms with Crippen LogP contribution in [0.3, 0.4) is 0 Å². The summed E-state index contributed by atoms with van der Waals surface area (Å²) in [4.78, 5) is 11.5. The predicted octanol–water partition coefficient (Wildman–Crippen LogP) is 6.86. The number of aromatic hydroxyl groups is 1. The van der Waals surface area contributed by atoms with Gasteiger partial charge in [0.1, 0.15) is 5.75 Å². The van der Waals surface area contributed by atoms with Gasteiger partial charge in [0, 0.05) is 18.3 Å². The van der Waals surface area contributed by atoms with Crippen molar-refractivity contribution in [1.82, 2.24) is 5.32 Å². The van der Waals surface area contributed by atoms with Gasteiger partial charge in [0.25, 0.3) is 0 Å². The maximum absolute atomic E-state index is 11.3. The topological polar surface area (TPSA) is 69.6 Å². The molecular formula is C30H46BrNO3. The first-order valence-corrected chi connectivity index (χ1v) is 15.1. The van der Waals surface area contributed by atoms with E-state index in [9.17, 15) is 15.0 Å². The number of carbonyl (C=O) groups is 1. The first-order valence-electron chi connectivity index (χ1n) is 14.2. The van der Waals surface area contributed by atoms with Crippen molar-refractivity contribution in [2.24, 2.45) is 23.2 Å². The second-order valence-electron chi connectivity index (χ2n) is 11.9. The van der Waals surface area contributed by atoms with Gasteiger partial charge in [-0.2, -0.15) is 0 Å². The van der Waals surface area contributed by atoms with Crippen LogP contribution in [0, 0.1) is 23.2 Å². The largest absolute Gasteiger partial charge is 0.508 e. The Morgan fingerprint density at radius 3 is 2.51 bits per heavy atom. The molecular weight excluding hydrogens is 502 g/mol. The van der Waals surface area contributed by atoms with Crippen LogP contribution in [0.5, 0.6) is 5.75 Å². The lowest BCUT2D eigenvalue weighted by Gasteiger charge is -2.53. The fraction of sp³-hybridized carbons (Fsp3) is 0.767. The smallest absolute Gasteiger partial charge is 0.219 e. The van der Waals surface area contributed by atoms with E-state index in [2.05, 4.69) is 34.2 Å². The molecule has 0 aromatic heterocycles. The van der Waals surface area contributed by atoms with Gasteiger partial charge in [-0.15, -0.1) is 0 Å². The van der Waals surface area contributed by atoms with Gasteiger partial charge in [0.05, 0.1) is 6.10 Å². The van der Waals surface area contributed by atoms with Crippen LogP contribution in [-0.2, 0) is 11.2 Å². The van der Waals surface area contributed by atoms with Gasteiger partial charge in [-0.3, -0.25) is 4.79 Å². The Balaban J connectivity index is 1.31.